The summed E-state index contributed by atoms with van der Waals surface area (Å²) >= 11 is 0. The molecular formula is C21H27N5O4. The molecule has 2 aromatic rings. The van der Waals surface area contributed by atoms with E-state index in [1.165, 1.54) is 12.4 Å². The Morgan fingerprint density at radius 1 is 1.33 bits per heavy atom. The van der Waals surface area contributed by atoms with Crippen molar-refractivity contribution in [1.82, 2.24) is 14.9 Å². The average molecular weight is 413 g/mol. The molecule has 0 saturated heterocycles. The van der Waals surface area contributed by atoms with Gasteiger partial charge in [-0.05, 0) is 42.2 Å². The first-order valence-electron chi connectivity index (χ1n) is 9.82. The molecule has 2 unspecified atom stereocenters. The second-order valence-corrected chi connectivity index (χ2v) is 9.29. The van der Waals surface area contributed by atoms with Gasteiger partial charge in [-0.25, -0.2) is 24.4 Å². The molecule has 1 aliphatic rings. The van der Waals surface area contributed by atoms with Gasteiger partial charge < -0.3 is 20.3 Å². The van der Waals surface area contributed by atoms with E-state index in [-0.39, 0.29) is 22.4 Å². The summed E-state index contributed by atoms with van der Waals surface area (Å²) in [6.45, 7) is 6.75. The molecule has 1 aromatic heterocycles. The number of rotatable bonds is 5. The maximum atomic E-state index is 12.5. The molecule has 2 amide bonds. The maximum Gasteiger partial charge on any atom is 0.337 e. The van der Waals surface area contributed by atoms with Gasteiger partial charge in [-0.1, -0.05) is 20.8 Å². The van der Waals surface area contributed by atoms with Gasteiger partial charge in [-0.15, -0.1) is 0 Å². The van der Waals surface area contributed by atoms with Crippen molar-refractivity contribution in [2.75, 3.05) is 11.9 Å². The summed E-state index contributed by atoms with van der Waals surface area (Å²) in [5.41, 5.74) is 1.18. The van der Waals surface area contributed by atoms with Gasteiger partial charge in [0.1, 0.15) is 0 Å². The van der Waals surface area contributed by atoms with Gasteiger partial charge in [-0.3, -0.25) is 0 Å². The molecule has 0 aliphatic heterocycles. The van der Waals surface area contributed by atoms with Crippen molar-refractivity contribution in [3.8, 4) is 0 Å². The minimum absolute atomic E-state index is 0.00340. The molecule has 160 valence electrons. The topological polar surface area (TPSA) is 126 Å². The minimum atomic E-state index is -1.09. The number of carbonyl (C=O) groups excluding carboxylic acids is 2. The Labute approximate surface area is 174 Å². The highest BCUT2D eigenvalue weighted by Crippen LogP contribution is 2.46. The molecule has 0 spiro atoms. The van der Waals surface area contributed by atoms with Crippen LogP contribution >= 0.6 is 0 Å². The number of fused-ring (bicyclic) bond motifs is 1. The third-order valence-corrected chi connectivity index (χ3v) is 5.63. The summed E-state index contributed by atoms with van der Waals surface area (Å²) in [6, 6.07) is 2.53. The van der Waals surface area contributed by atoms with E-state index >= 15 is 0 Å². The number of hydrogen-bond acceptors (Lipinski definition) is 5. The SMILES string of the molecule is Cn1cnc2cc(NC(=O)NCC3(C)CC(N=C=O)CC(C)(C)C3)cc(C(=O)O)c21. The summed E-state index contributed by atoms with van der Waals surface area (Å²) in [6.07, 6.45) is 5.58. The van der Waals surface area contributed by atoms with Gasteiger partial charge in [0.2, 0.25) is 6.08 Å². The fourth-order valence-electron chi connectivity index (χ4n) is 4.88. The smallest absolute Gasteiger partial charge is 0.337 e. The minimum Gasteiger partial charge on any atom is -0.478 e. The van der Waals surface area contributed by atoms with Crippen molar-refractivity contribution >= 4 is 34.8 Å². The molecule has 30 heavy (non-hydrogen) atoms. The monoisotopic (exact) mass is 413 g/mol. The summed E-state index contributed by atoms with van der Waals surface area (Å²) in [5, 5.41) is 15.1. The molecular weight excluding hydrogens is 386 g/mol. The largest absolute Gasteiger partial charge is 0.478 e. The van der Waals surface area contributed by atoms with E-state index in [0.29, 0.717) is 29.7 Å². The van der Waals surface area contributed by atoms with Gasteiger partial charge in [0, 0.05) is 19.3 Å². The Bertz CT molecular complexity index is 1040. The highest BCUT2D eigenvalue weighted by molar-refractivity contribution is 6.04. The van der Waals surface area contributed by atoms with Crippen LogP contribution in [-0.2, 0) is 11.8 Å². The van der Waals surface area contributed by atoms with Crippen molar-refractivity contribution < 1.29 is 19.5 Å². The van der Waals surface area contributed by atoms with Gasteiger partial charge in [0.25, 0.3) is 0 Å². The molecule has 1 fully saturated rings. The van der Waals surface area contributed by atoms with E-state index in [0.717, 1.165) is 12.8 Å². The Morgan fingerprint density at radius 3 is 2.73 bits per heavy atom. The van der Waals surface area contributed by atoms with Crippen molar-refractivity contribution in [3.05, 3.63) is 24.0 Å². The first kappa shape index (κ1) is 21.5. The van der Waals surface area contributed by atoms with E-state index in [4.69, 9.17) is 0 Å². The van der Waals surface area contributed by atoms with E-state index in [9.17, 15) is 19.5 Å². The maximum absolute atomic E-state index is 12.5. The molecule has 2 atom stereocenters. The number of aliphatic imine (C=N–C) groups is 1. The van der Waals surface area contributed by atoms with Crippen molar-refractivity contribution in [3.63, 3.8) is 0 Å². The van der Waals surface area contributed by atoms with Crippen LogP contribution in [0.2, 0.25) is 0 Å². The molecule has 1 heterocycles. The van der Waals surface area contributed by atoms with Crippen LogP contribution in [0.15, 0.2) is 23.5 Å². The lowest BCUT2D eigenvalue weighted by Crippen LogP contribution is -2.45. The van der Waals surface area contributed by atoms with Crippen LogP contribution in [0.5, 0.6) is 0 Å². The zero-order valence-corrected chi connectivity index (χ0v) is 17.7. The summed E-state index contributed by atoms with van der Waals surface area (Å²) in [7, 11) is 1.72. The summed E-state index contributed by atoms with van der Waals surface area (Å²) < 4.78 is 1.63. The second-order valence-electron chi connectivity index (χ2n) is 9.29. The fourth-order valence-corrected chi connectivity index (χ4v) is 4.88. The number of aromatic carboxylic acids is 1. The number of carbonyl (C=O) groups is 2. The zero-order valence-electron chi connectivity index (χ0n) is 17.7. The van der Waals surface area contributed by atoms with Crippen LogP contribution < -0.4 is 10.6 Å². The number of nitrogens with zero attached hydrogens (tertiary/aromatic N) is 3. The number of aromatic nitrogens is 2. The van der Waals surface area contributed by atoms with Crippen molar-refractivity contribution in [2.24, 2.45) is 22.9 Å². The number of anilines is 1. The molecule has 9 heteroatoms. The van der Waals surface area contributed by atoms with Crippen LogP contribution in [0.1, 0.15) is 50.4 Å². The van der Waals surface area contributed by atoms with Crippen LogP contribution in [-0.4, -0.2) is 45.3 Å². The molecule has 0 bridgehead atoms. The van der Waals surface area contributed by atoms with E-state index in [2.05, 4.69) is 41.4 Å². The van der Waals surface area contributed by atoms with Crippen molar-refractivity contribution in [2.45, 2.75) is 46.1 Å². The number of aryl methyl sites for hydroxylation is 1. The molecule has 3 rings (SSSR count). The van der Waals surface area contributed by atoms with E-state index < -0.39 is 12.0 Å². The number of imidazole rings is 1. The summed E-state index contributed by atoms with van der Waals surface area (Å²) in [4.78, 5) is 43.0. The predicted molar refractivity (Wildman–Crippen MR) is 112 cm³/mol. The summed E-state index contributed by atoms with van der Waals surface area (Å²) in [5.74, 6) is -1.09. The number of nitrogens with one attached hydrogen (secondary N) is 2. The Kier molecular flexibility index (Phi) is 5.67. The first-order chi connectivity index (χ1) is 14.0. The fraction of sp³-hybridized carbons (Fsp3) is 0.524. The number of amides is 2. The highest BCUT2D eigenvalue weighted by Gasteiger charge is 2.41. The molecule has 1 aromatic carbocycles. The van der Waals surface area contributed by atoms with E-state index in [1.54, 1.807) is 23.8 Å². The third-order valence-electron chi connectivity index (χ3n) is 5.63. The normalized spacial score (nSPS) is 22.9. The quantitative estimate of drug-likeness (QED) is 0.512. The number of carboxylic acid groups (broad SMARTS) is 1. The molecule has 1 saturated carbocycles. The second kappa shape index (κ2) is 7.91. The lowest BCUT2D eigenvalue weighted by atomic mass is 9.63. The van der Waals surface area contributed by atoms with Crippen LogP contribution in [0, 0.1) is 10.8 Å². The molecule has 1 aliphatic carbocycles. The van der Waals surface area contributed by atoms with Gasteiger partial charge in [0.15, 0.2) is 0 Å². The lowest BCUT2D eigenvalue weighted by Gasteiger charge is -2.45. The van der Waals surface area contributed by atoms with Gasteiger partial charge in [-0.2, -0.15) is 0 Å². The van der Waals surface area contributed by atoms with E-state index in [1.807, 2.05) is 0 Å². The predicted octanol–water partition coefficient (Wildman–Crippen LogP) is 3.31. The van der Waals surface area contributed by atoms with Crippen LogP contribution in [0.3, 0.4) is 0 Å². The van der Waals surface area contributed by atoms with Gasteiger partial charge in [0.05, 0.1) is 29.0 Å². The van der Waals surface area contributed by atoms with Crippen molar-refractivity contribution in [1.29, 1.82) is 0 Å². The third kappa shape index (κ3) is 4.68. The molecule has 9 nitrogen and oxygen atoms in total. The number of carboxylic acids is 1. The number of hydrogen-bond donors (Lipinski definition) is 3. The number of urea groups is 1. The Balaban J connectivity index is 1.71. The number of benzene rings is 1. The lowest BCUT2D eigenvalue weighted by molar-refractivity contribution is 0.0698. The molecule has 3 N–H and O–H groups in total. The standard InChI is InChI=1S/C21H27N5O4/c1-20(2)7-14(24-12-27)8-21(3,9-20)10-22-19(30)25-13-5-15(18(28)29)17-16(6-13)23-11-26(17)4/h5-6,11,14H,7-10H2,1-4H3,(H,28,29)(H2,22,25,30). The van der Waals surface area contributed by atoms with Gasteiger partial charge >= 0.3 is 12.0 Å². The van der Waals surface area contributed by atoms with Crippen LogP contribution in [0.4, 0.5) is 10.5 Å². The Morgan fingerprint density at radius 2 is 2.07 bits per heavy atom. The zero-order chi connectivity index (χ0) is 22.1. The Hall–Kier alpha value is -3.19. The van der Waals surface area contributed by atoms with Crippen LogP contribution in [0.25, 0.3) is 11.0 Å². The first-order valence-corrected chi connectivity index (χ1v) is 9.82. The molecule has 0 radical (unpaired) electrons. The number of isocyanates is 1. The highest BCUT2D eigenvalue weighted by atomic mass is 16.4. The average Bonchev–Trinajstić information content (AvgIpc) is 2.99.